The van der Waals surface area contributed by atoms with Crippen molar-refractivity contribution in [3.63, 3.8) is 0 Å². The van der Waals surface area contributed by atoms with Gasteiger partial charge in [0.25, 0.3) is 0 Å². The van der Waals surface area contributed by atoms with Gasteiger partial charge in [-0.25, -0.2) is 9.59 Å². The van der Waals surface area contributed by atoms with Gasteiger partial charge in [-0.2, -0.15) is 13.2 Å². The van der Waals surface area contributed by atoms with E-state index in [-0.39, 0.29) is 25.9 Å². The van der Waals surface area contributed by atoms with Gasteiger partial charge in [-0.05, 0) is 67.1 Å². The molecule has 0 bridgehead atoms. The molecule has 3 aromatic rings. The number of carboxylic acids is 1. The Morgan fingerprint density at radius 1 is 1.04 bits per heavy atom. The number of rotatable bonds is 10. The summed E-state index contributed by atoms with van der Waals surface area (Å²) in [4.78, 5) is 49.4. The number of carbonyl (C=O) groups excluding carboxylic acids is 4. The highest BCUT2D eigenvalue weighted by Gasteiger charge is 2.44. The zero-order valence-electron chi connectivity index (χ0n) is 27.2. The van der Waals surface area contributed by atoms with E-state index in [1.165, 1.54) is 0 Å². The Balaban J connectivity index is 0.000000727. The number of aliphatic carboxylic acids is 1. The number of ether oxygens (including phenoxy) is 3. The number of hydrogen-bond donors (Lipinski definition) is 2. The van der Waals surface area contributed by atoms with Crippen LogP contribution in [0.2, 0.25) is 0 Å². The molecule has 16 heteroatoms. The molecular weight excluding hydrogens is 729 g/mol. The molecule has 0 aliphatic carbocycles. The quantitative estimate of drug-likeness (QED) is 0.232. The normalized spacial score (nSPS) is 18.3. The average Bonchev–Trinajstić information content (AvgIpc) is 3.68. The van der Waals surface area contributed by atoms with Crippen LogP contribution in [0.5, 0.6) is 11.5 Å². The predicted octanol–water partition coefficient (Wildman–Crippen LogP) is 4.00. The minimum atomic E-state index is -5.19. The number of likely N-dealkylation sites (N-methyl/N-ethyl adjacent to an activating group) is 1. The lowest BCUT2D eigenvalue weighted by molar-refractivity contribution is -0.911. The van der Waals surface area contributed by atoms with Crippen LogP contribution < -0.4 is 25.6 Å². The van der Waals surface area contributed by atoms with E-state index in [1.807, 2.05) is 42.5 Å². The molecule has 3 N–H and O–H groups in total. The van der Waals surface area contributed by atoms with Crippen molar-refractivity contribution in [3.8, 4) is 11.5 Å². The first kappa shape index (κ1) is 38.0. The molecule has 0 saturated carbocycles. The predicted molar refractivity (Wildman–Crippen MR) is 176 cm³/mol. The smallest absolute Gasteiger partial charge is 0.430 e. The van der Waals surface area contributed by atoms with Gasteiger partial charge in [0, 0.05) is 28.6 Å². The minimum absolute atomic E-state index is 0.218. The number of esters is 1. The molecule has 3 amide bonds. The molecular formula is C34H36BrF3N4O8. The van der Waals surface area contributed by atoms with Crippen molar-refractivity contribution in [2.45, 2.75) is 44.6 Å². The van der Waals surface area contributed by atoms with Gasteiger partial charge in [0.05, 0.1) is 38.3 Å². The molecule has 2 aliphatic rings. The van der Waals surface area contributed by atoms with Crippen molar-refractivity contribution in [3.05, 3.63) is 87.9 Å². The van der Waals surface area contributed by atoms with Crippen LogP contribution in [0.4, 0.5) is 23.7 Å². The Morgan fingerprint density at radius 3 is 2.26 bits per heavy atom. The van der Waals surface area contributed by atoms with E-state index in [1.54, 1.807) is 36.1 Å². The summed E-state index contributed by atoms with van der Waals surface area (Å²) in [5.41, 5.74) is 8.85. The van der Waals surface area contributed by atoms with Gasteiger partial charge in [0.2, 0.25) is 12.7 Å². The number of nitrogens with zero attached hydrogens (tertiary/aromatic N) is 2. The van der Waals surface area contributed by atoms with E-state index in [0.29, 0.717) is 28.7 Å². The van der Waals surface area contributed by atoms with Crippen LogP contribution in [0.25, 0.3) is 0 Å². The number of fused-ring (bicyclic) bond motifs is 1. The average molecular weight is 766 g/mol. The molecule has 1 fully saturated rings. The van der Waals surface area contributed by atoms with Crippen molar-refractivity contribution >= 4 is 45.5 Å². The fourth-order valence-corrected chi connectivity index (χ4v) is 6.10. The molecule has 268 valence electrons. The molecule has 3 aromatic carbocycles. The number of amides is 3. The van der Waals surface area contributed by atoms with E-state index in [9.17, 15) is 27.6 Å². The number of benzene rings is 3. The fourth-order valence-electron chi connectivity index (χ4n) is 5.84. The highest BCUT2D eigenvalue weighted by molar-refractivity contribution is 9.10. The molecule has 0 radical (unpaired) electrons. The van der Waals surface area contributed by atoms with Crippen LogP contribution in [-0.2, 0) is 27.3 Å². The monoisotopic (exact) mass is 764 g/mol. The lowest BCUT2D eigenvalue weighted by atomic mass is 10.0. The number of anilines is 1. The van der Waals surface area contributed by atoms with Crippen molar-refractivity contribution in [2.24, 2.45) is 5.73 Å². The number of urea groups is 1. The number of nitrogens with one attached hydrogen (secondary N) is 1. The summed E-state index contributed by atoms with van der Waals surface area (Å²) in [6, 6.07) is 18.5. The van der Waals surface area contributed by atoms with Gasteiger partial charge in [0.15, 0.2) is 11.5 Å². The van der Waals surface area contributed by atoms with E-state index in [4.69, 9.17) is 29.8 Å². The second kappa shape index (κ2) is 16.3. The second-order valence-corrected chi connectivity index (χ2v) is 12.9. The Labute approximate surface area is 294 Å². The van der Waals surface area contributed by atoms with E-state index >= 15 is 0 Å². The van der Waals surface area contributed by atoms with Crippen LogP contribution in [0.15, 0.2) is 71.2 Å². The van der Waals surface area contributed by atoms with E-state index in [0.717, 1.165) is 40.2 Å². The third-order valence-electron chi connectivity index (χ3n) is 8.17. The number of carbonyl (C=O) groups is 4. The standard InChI is InChI=1S/C32H35BrN4O6.C2HF3O2/c1-3-41-31(39)23-7-11-25(12-8-23)35-32(40)36(27(30(34)38)16-21-4-9-24(33)10-5-21)26-14-15-37(2,19-26)18-22-6-13-28-29(17-22)43-20-42-28;3-2(4,5)1(6)7/h4-13,17,26-27H,3,14-16,18-20H2,1-2H3,(H2-,34,35,38,39,40);(H,6,7)/t26-,27+,37?;/m1./s1. The Morgan fingerprint density at radius 2 is 1.66 bits per heavy atom. The molecule has 1 saturated heterocycles. The van der Waals surface area contributed by atoms with Crippen LogP contribution in [-0.4, -0.2) is 85.1 Å². The second-order valence-electron chi connectivity index (χ2n) is 12.0. The van der Waals surface area contributed by atoms with Crippen LogP contribution >= 0.6 is 15.9 Å². The molecule has 0 aromatic heterocycles. The Kier molecular flexibility index (Phi) is 12.3. The number of likely N-dealkylation sites (tertiary alicyclic amines) is 1. The molecule has 5 rings (SSSR count). The highest BCUT2D eigenvalue weighted by atomic mass is 79.9. The maximum Gasteiger partial charge on any atom is 0.430 e. The van der Waals surface area contributed by atoms with Crippen molar-refractivity contribution < 1.29 is 56.1 Å². The Hall–Kier alpha value is -4.83. The zero-order chi connectivity index (χ0) is 36.6. The van der Waals surface area contributed by atoms with Crippen LogP contribution in [0, 0.1) is 0 Å². The van der Waals surface area contributed by atoms with E-state index < -0.39 is 36.1 Å². The summed E-state index contributed by atoms with van der Waals surface area (Å²) in [6.45, 7) is 4.40. The lowest BCUT2D eigenvalue weighted by Crippen LogP contribution is -2.56. The number of primary amides is 1. The molecule has 0 spiro atoms. The topological polar surface area (TPSA) is 160 Å². The first-order valence-corrected chi connectivity index (χ1v) is 16.3. The molecule has 1 unspecified atom stereocenters. The maximum atomic E-state index is 14.0. The fraction of sp³-hybridized carbons (Fsp3) is 0.353. The van der Waals surface area contributed by atoms with Gasteiger partial charge in [-0.3, -0.25) is 4.79 Å². The number of hydrogen-bond acceptors (Lipinski definition) is 8. The summed E-state index contributed by atoms with van der Waals surface area (Å²) >= 11 is 3.45. The van der Waals surface area contributed by atoms with Crippen LogP contribution in [0.1, 0.15) is 34.8 Å². The van der Waals surface area contributed by atoms with Crippen molar-refractivity contribution in [2.75, 3.05) is 38.9 Å². The largest absolute Gasteiger partial charge is 0.542 e. The summed E-state index contributed by atoms with van der Waals surface area (Å²) in [5.74, 6) is -2.55. The molecule has 3 atom stereocenters. The third-order valence-corrected chi connectivity index (χ3v) is 8.70. The summed E-state index contributed by atoms with van der Waals surface area (Å²) in [6.07, 6.45) is -4.22. The SMILES string of the molecule is CCOC(=O)c1ccc(NC(=O)N([C@@H]2CC[N+](C)(Cc3ccc4c(c3)OCO4)C2)[C@@H](Cc2ccc(Br)cc2)C(N)=O)cc1.O=C([O-])C(F)(F)F. The van der Waals surface area contributed by atoms with Gasteiger partial charge in [0.1, 0.15) is 18.6 Å². The van der Waals surface area contributed by atoms with Gasteiger partial charge in [-0.15, -0.1) is 0 Å². The van der Waals surface area contributed by atoms with Gasteiger partial charge >= 0.3 is 18.2 Å². The summed E-state index contributed by atoms with van der Waals surface area (Å²) < 4.78 is 49.2. The Bertz CT molecular complexity index is 1690. The van der Waals surface area contributed by atoms with Crippen molar-refractivity contribution in [1.82, 2.24) is 4.90 Å². The minimum Gasteiger partial charge on any atom is -0.542 e. The number of carboxylic acid groups (broad SMARTS) is 1. The number of halogens is 4. The third kappa shape index (κ3) is 10.1. The molecule has 2 aliphatic heterocycles. The number of nitrogens with two attached hydrogens (primary N) is 1. The molecule has 2 heterocycles. The number of quaternary nitrogens is 1. The molecule has 50 heavy (non-hydrogen) atoms. The summed E-state index contributed by atoms with van der Waals surface area (Å²) in [5, 5.41) is 11.7. The maximum absolute atomic E-state index is 14.0. The first-order valence-electron chi connectivity index (χ1n) is 15.5. The highest BCUT2D eigenvalue weighted by Crippen LogP contribution is 2.35. The van der Waals surface area contributed by atoms with Gasteiger partial charge in [-0.1, -0.05) is 28.1 Å². The van der Waals surface area contributed by atoms with Crippen molar-refractivity contribution in [1.29, 1.82) is 0 Å². The lowest BCUT2D eigenvalue weighted by Gasteiger charge is -2.36. The van der Waals surface area contributed by atoms with E-state index in [2.05, 4.69) is 28.3 Å². The van der Waals surface area contributed by atoms with Gasteiger partial charge < -0.3 is 44.5 Å². The number of alkyl halides is 3. The zero-order valence-corrected chi connectivity index (χ0v) is 28.8. The summed E-state index contributed by atoms with van der Waals surface area (Å²) in [7, 11) is 2.16. The first-order chi connectivity index (χ1) is 23.6. The van der Waals surface area contributed by atoms with Crippen LogP contribution in [0.3, 0.4) is 0 Å². The molecule has 12 nitrogen and oxygen atoms in total.